The molecule has 0 aromatic heterocycles. The number of rotatable bonds is 6. The number of Topliss-reactive ketones (excluding diaryl/α,β-unsaturated/α-hetero) is 1. The van der Waals surface area contributed by atoms with Gasteiger partial charge in [0.2, 0.25) is 0 Å². The van der Waals surface area contributed by atoms with E-state index in [1.54, 1.807) is 7.11 Å². The first kappa shape index (κ1) is 11.7. The molecule has 0 bridgehead atoms. The fraction of sp³-hybridized carbons (Fsp3) is 0.909. The van der Waals surface area contributed by atoms with Crippen LogP contribution in [0.5, 0.6) is 0 Å². The Morgan fingerprint density at radius 1 is 1.50 bits per heavy atom. The van der Waals surface area contributed by atoms with Crippen molar-refractivity contribution < 1.29 is 9.53 Å². The van der Waals surface area contributed by atoms with E-state index in [1.807, 2.05) is 0 Å². The van der Waals surface area contributed by atoms with Gasteiger partial charge in [-0.1, -0.05) is 12.8 Å². The Balaban J connectivity index is 2.18. The van der Waals surface area contributed by atoms with Gasteiger partial charge in [0.1, 0.15) is 5.78 Å². The third kappa shape index (κ3) is 3.76. The minimum Gasteiger partial charge on any atom is -0.385 e. The van der Waals surface area contributed by atoms with Crippen molar-refractivity contribution in [2.75, 3.05) is 13.7 Å². The molecule has 2 N–H and O–H groups in total. The monoisotopic (exact) mass is 199 g/mol. The van der Waals surface area contributed by atoms with E-state index in [0.717, 1.165) is 19.3 Å². The molecule has 0 radical (unpaired) electrons. The van der Waals surface area contributed by atoms with Gasteiger partial charge in [-0.3, -0.25) is 4.79 Å². The number of ether oxygens (including phenoxy) is 1. The average molecular weight is 199 g/mol. The maximum atomic E-state index is 11.7. The summed E-state index contributed by atoms with van der Waals surface area (Å²) in [6, 6.07) is -0.0111. The summed E-state index contributed by atoms with van der Waals surface area (Å²) in [5.74, 6) is 0.676. The molecule has 14 heavy (non-hydrogen) atoms. The Morgan fingerprint density at radius 3 is 2.71 bits per heavy atom. The van der Waals surface area contributed by atoms with E-state index >= 15 is 0 Å². The van der Waals surface area contributed by atoms with Gasteiger partial charge in [-0.15, -0.1) is 0 Å². The SMILES string of the molecule is COCCC(N)CC(=O)C1CCCC1. The zero-order valence-electron chi connectivity index (χ0n) is 9.00. The van der Waals surface area contributed by atoms with Crippen molar-refractivity contribution >= 4 is 5.78 Å². The van der Waals surface area contributed by atoms with E-state index in [-0.39, 0.29) is 6.04 Å². The highest BCUT2D eigenvalue weighted by Gasteiger charge is 2.23. The second-order valence-electron chi connectivity index (χ2n) is 4.19. The van der Waals surface area contributed by atoms with Crippen LogP contribution < -0.4 is 5.73 Å². The van der Waals surface area contributed by atoms with Crippen LogP contribution in [0.2, 0.25) is 0 Å². The molecule has 82 valence electrons. The number of carbonyl (C=O) groups excluding carboxylic acids is 1. The summed E-state index contributed by atoms with van der Waals surface area (Å²) in [5, 5.41) is 0. The lowest BCUT2D eigenvalue weighted by Crippen LogP contribution is -2.27. The largest absolute Gasteiger partial charge is 0.385 e. The van der Waals surface area contributed by atoms with Crippen molar-refractivity contribution in [3.8, 4) is 0 Å². The van der Waals surface area contributed by atoms with E-state index in [2.05, 4.69) is 0 Å². The van der Waals surface area contributed by atoms with Gasteiger partial charge in [0.15, 0.2) is 0 Å². The Bertz CT molecular complexity index is 176. The van der Waals surface area contributed by atoms with Crippen molar-refractivity contribution in [2.45, 2.75) is 44.6 Å². The average Bonchev–Trinajstić information content (AvgIpc) is 2.67. The van der Waals surface area contributed by atoms with Gasteiger partial charge in [-0.05, 0) is 19.3 Å². The second kappa shape index (κ2) is 6.14. The van der Waals surface area contributed by atoms with E-state index in [1.165, 1.54) is 12.8 Å². The predicted molar refractivity (Wildman–Crippen MR) is 56.1 cm³/mol. The number of methoxy groups -OCH3 is 1. The Hall–Kier alpha value is -0.410. The van der Waals surface area contributed by atoms with Crippen molar-refractivity contribution in [2.24, 2.45) is 11.7 Å². The van der Waals surface area contributed by atoms with E-state index in [4.69, 9.17) is 10.5 Å². The molecule has 0 heterocycles. The molecule has 0 spiro atoms. The first-order chi connectivity index (χ1) is 6.74. The molecule has 1 atom stereocenters. The first-order valence-corrected chi connectivity index (χ1v) is 5.51. The van der Waals surface area contributed by atoms with E-state index < -0.39 is 0 Å². The first-order valence-electron chi connectivity index (χ1n) is 5.51. The summed E-state index contributed by atoms with van der Waals surface area (Å²) in [6.07, 6.45) is 5.90. The third-order valence-corrected chi connectivity index (χ3v) is 2.97. The molecule has 3 heteroatoms. The summed E-state index contributed by atoms with van der Waals surface area (Å²) < 4.78 is 4.93. The highest BCUT2D eigenvalue weighted by Crippen LogP contribution is 2.26. The van der Waals surface area contributed by atoms with Crippen LogP contribution in [0.25, 0.3) is 0 Å². The quantitative estimate of drug-likeness (QED) is 0.705. The molecule has 1 rings (SSSR count). The maximum Gasteiger partial charge on any atom is 0.137 e. The third-order valence-electron chi connectivity index (χ3n) is 2.97. The highest BCUT2D eigenvalue weighted by molar-refractivity contribution is 5.81. The molecular formula is C11H21NO2. The molecule has 1 aliphatic carbocycles. The van der Waals surface area contributed by atoms with Crippen molar-refractivity contribution in [3.63, 3.8) is 0 Å². The Labute approximate surface area is 86.0 Å². The van der Waals surface area contributed by atoms with Crippen molar-refractivity contribution in [1.29, 1.82) is 0 Å². The molecule has 0 amide bonds. The molecule has 1 unspecified atom stereocenters. The molecule has 1 saturated carbocycles. The lowest BCUT2D eigenvalue weighted by atomic mass is 9.96. The van der Waals surface area contributed by atoms with Crippen LogP contribution in [-0.2, 0) is 9.53 Å². The van der Waals surface area contributed by atoms with Gasteiger partial charge >= 0.3 is 0 Å². The summed E-state index contributed by atoms with van der Waals surface area (Å²) >= 11 is 0. The minimum absolute atomic E-state index is 0.0111. The highest BCUT2D eigenvalue weighted by atomic mass is 16.5. The van der Waals surface area contributed by atoms with Crippen LogP contribution in [0.1, 0.15) is 38.5 Å². The van der Waals surface area contributed by atoms with Gasteiger partial charge < -0.3 is 10.5 Å². The van der Waals surface area contributed by atoms with Crippen molar-refractivity contribution in [3.05, 3.63) is 0 Å². The van der Waals surface area contributed by atoms with Crippen LogP contribution in [0.4, 0.5) is 0 Å². The molecule has 0 aromatic rings. The standard InChI is InChI=1S/C11H21NO2/c1-14-7-6-10(12)8-11(13)9-4-2-3-5-9/h9-10H,2-8,12H2,1H3. The Morgan fingerprint density at radius 2 is 2.14 bits per heavy atom. The molecule has 0 aliphatic heterocycles. The van der Waals surface area contributed by atoms with Gasteiger partial charge in [0.25, 0.3) is 0 Å². The molecule has 1 fully saturated rings. The summed E-state index contributed by atoms with van der Waals surface area (Å²) in [5.41, 5.74) is 5.83. The molecule has 3 nitrogen and oxygen atoms in total. The number of ketones is 1. The van der Waals surface area contributed by atoms with Crippen LogP contribution in [0, 0.1) is 5.92 Å². The van der Waals surface area contributed by atoms with Crippen LogP contribution in [-0.4, -0.2) is 25.5 Å². The molecular weight excluding hydrogens is 178 g/mol. The van der Waals surface area contributed by atoms with Gasteiger partial charge in [0, 0.05) is 32.1 Å². The fourth-order valence-electron chi connectivity index (χ4n) is 2.04. The maximum absolute atomic E-state index is 11.7. The molecule has 1 aliphatic rings. The van der Waals surface area contributed by atoms with Crippen LogP contribution in [0.15, 0.2) is 0 Å². The van der Waals surface area contributed by atoms with Gasteiger partial charge in [-0.25, -0.2) is 0 Å². The zero-order valence-corrected chi connectivity index (χ0v) is 9.00. The Kier molecular flexibility index (Phi) is 5.12. The summed E-state index contributed by atoms with van der Waals surface area (Å²) in [6.45, 7) is 0.652. The number of carbonyl (C=O) groups is 1. The second-order valence-corrected chi connectivity index (χ2v) is 4.19. The topological polar surface area (TPSA) is 52.3 Å². The number of hydrogen-bond donors (Lipinski definition) is 1. The van der Waals surface area contributed by atoms with Crippen molar-refractivity contribution in [1.82, 2.24) is 0 Å². The van der Waals surface area contributed by atoms with Gasteiger partial charge in [-0.2, -0.15) is 0 Å². The van der Waals surface area contributed by atoms with Gasteiger partial charge in [0.05, 0.1) is 0 Å². The predicted octanol–water partition coefficient (Wildman–Crippen LogP) is 1.50. The van der Waals surface area contributed by atoms with E-state index in [9.17, 15) is 4.79 Å². The molecule has 0 saturated heterocycles. The lowest BCUT2D eigenvalue weighted by molar-refractivity contribution is -0.123. The number of hydrogen-bond acceptors (Lipinski definition) is 3. The normalized spacial score (nSPS) is 19.9. The lowest BCUT2D eigenvalue weighted by Gasteiger charge is -2.13. The van der Waals surface area contributed by atoms with E-state index in [0.29, 0.717) is 24.7 Å². The smallest absolute Gasteiger partial charge is 0.137 e. The minimum atomic E-state index is -0.0111. The zero-order chi connectivity index (χ0) is 10.4. The van der Waals surface area contributed by atoms with Crippen LogP contribution in [0.3, 0.4) is 0 Å². The summed E-state index contributed by atoms with van der Waals surface area (Å²) in [7, 11) is 1.66. The number of nitrogens with two attached hydrogens (primary N) is 1. The summed E-state index contributed by atoms with van der Waals surface area (Å²) in [4.78, 5) is 11.7. The van der Waals surface area contributed by atoms with Crippen LogP contribution >= 0.6 is 0 Å². The molecule has 0 aromatic carbocycles. The fourth-order valence-corrected chi connectivity index (χ4v) is 2.04.